The van der Waals surface area contributed by atoms with Gasteiger partial charge in [-0.05, 0) is 13.5 Å². The predicted octanol–water partition coefficient (Wildman–Crippen LogP) is 0.277. The van der Waals surface area contributed by atoms with Gasteiger partial charge in [-0.25, -0.2) is 0 Å². The van der Waals surface area contributed by atoms with Gasteiger partial charge in [-0.1, -0.05) is 11.4 Å². The number of carbonyl (C=O) groups excluding carboxylic acids is 1. The Morgan fingerprint density at radius 2 is 2.31 bits per heavy atom. The average Bonchev–Trinajstić information content (AvgIpc) is 2.65. The first kappa shape index (κ1) is 12.9. The number of primary amides is 1. The third kappa shape index (κ3) is 3.74. The molecular weight excluding hydrogens is 226 g/mol. The van der Waals surface area contributed by atoms with Crippen LogP contribution in [-0.4, -0.2) is 40.0 Å². The van der Waals surface area contributed by atoms with Crippen molar-refractivity contribution in [3.8, 4) is 0 Å². The lowest BCUT2D eigenvalue weighted by atomic mass is 10.3. The van der Waals surface area contributed by atoms with Crippen molar-refractivity contribution in [1.82, 2.24) is 14.5 Å². The maximum atomic E-state index is 10.8. The lowest BCUT2D eigenvalue weighted by Gasteiger charge is -2.17. The van der Waals surface area contributed by atoms with Crippen LogP contribution in [0.5, 0.6) is 0 Å². The zero-order valence-electron chi connectivity index (χ0n) is 9.56. The van der Waals surface area contributed by atoms with Crippen LogP contribution in [0.2, 0.25) is 0 Å². The van der Waals surface area contributed by atoms with Crippen molar-refractivity contribution in [2.45, 2.75) is 20.4 Å². The Bertz CT molecular complexity index is 340. The second-order valence-electron chi connectivity index (χ2n) is 3.35. The zero-order chi connectivity index (χ0) is 12.0. The van der Waals surface area contributed by atoms with Crippen LogP contribution in [0.3, 0.4) is 0 Å². The van der Waals surface area contributed by atoms with Crippen molar-refractivity contribution in [2.24, 2.45) is 5.73 Å². The van der Waals surface area contributed by atoms with Gasteiger partial charge in [-0.15, -0.1) is 5.10 Å². The first-order chi connectivity index (χ1) is 7.67. The van der Waals surface area contributed by atoms with E-state index in [0.717, 1.165) is 23.8 Å². The molecule has 0 saturated carbocycles. The van der Waals surface area contributed by atoms with Gasteiger partial charge in [0.25, 0.3) is 0 Å². The molecule has 16 heavy (non-hydrogen) atoms. The van der Waals surface area contributed by atoms with Gasteiger partial charge in [-0.2, -0.15) is 0 Å². The van der Waals surface area contributed by atoms with Crippen LogP contribution in [0.25, 0.3) is 0 Å². The van der Waals surface area contributed by atoms with E-state index in [0.29, 0.717) is 6.54 Å². The first-order valence-corrected chi connectivity index (χ1v) is 6.00. The second kappa shape index (κ2) is 6.39. The van der Waals surface area contributed by atoms with Gasteiger partial charge >= 0.3 is 0 Å². The number of likely N-dealkylation sites (N-methyl/N-ethyl adjacent to an activating group) is 1. The fourth-order valence-corrected chi connectivity index (χ4v) is 1.96. The molecule has 0 fully saturated rings. The van der Waals surface area contributed by atoms with Gasteiger partial charge in [0.2, 0.25) is 5.91 Å². The molecule has 1 aromatic rings. The van der Waals surface area contributed by atoms with Gasteiger partial charge in [0.15, 0.2) is 0 Å². The molecule has 0 aliphatic rings. The van der Waals surface area contributed by atoms with Crippen LogP contribution in [0.4, 0.5) is 5.00 Å². The van der Waals surface area contributed by atoms with Crippen molar-refractivity contribution >= 4 is 22.4 Å². The number of aromatic nitrogens is 2. The maximum Gasteiger partial charge on any atom is 0.231 e. The molecule has 3 N–H and O–H groups in total. The van der Waals surface area contributed by atoms with Crippen LogP contribution >= 0.6 is 11.5 Å². The predicted molar refractivity (Wildman–Crippen MR) is 64.2 cm³/mol. The highest BCUT2D eigenvalue weighted by Crippen LogP contribution is 2.18. The summed E-state index contributed by atoms with van der Waals surface area (Å²) in [7, 11) is 0. The topological polar surface area (TPSA) is 84.1 Å². The highest BCUT2D eigenvalue weighted by molar-refractivity contribution is 7.10. The second-order valence-corrected chi connectivity index (χ2v) is 4.10. The molecule has 1 aromatic heterocycles. The molecule has 0 unspecified atom stereocenters. The Balaban J connectivity index is 2.62. The molecule has 0 aliphatic carbocycles. The molecule has 6 nitrogen and oxygen atoms in total. The fourth-order valence-electron chi connectivity index (χ4n) is 1.32. The number of nitrogens with zero attached hydrogens (tertiary/aromatic N) is 3. The van der Waals surface area contributed by atoms with Crippen LogP contribution in [0, 0.1) is 0 Å². The minimum absolute atomic E-state index is 0.250. The highest BCUT2D eigenvalue weighted by Gasteiger charge is 2.12. The number of nitrogens with two attached hydrogens (primary N) is 1. The van der Waals surface area contributed by atoms with Gasteiger partial charge in [0.05, 0.1) is 6.54 Å². The van der Waals surface area contributed by atoms with Gasteiger partial charge in [-0.3, -0.25) is 9.69 Å². The van der Waals surface area contributed by atoms with Crippen molar-refractivity contribution in [1.29, 1.82) is 0 Å². The van der Waals surface area contributed by atoms with Crippen molar-refractivity contribution in [3.63, 3.8) is 0 Å². The molecule has 1 rings (SSSR count). The lowest BCUT2D eigenvalue weighted by Crippen LogP contribution is -2.33. The number of nitrogens with one attached hydrogen (secondary N) is 1. The molecule has 0 aromatic carbocycles. The molecule has 90 valence electrons. The van der Waals surface area contributed by atoms with Crippen LogP contribution in [0.15, 0.2) is 0 Å². The van der Waals surface area contributed by atoms with E-state index in [1.54, 1.807) is 0 Å². The summed E-state index contributed by atoms with van der Waals surface area (Å²) in [5.41, 5.74) is 6.04. The largest absolute Gasteiger partial charge is 0.374 e. The Morgan fingerprint density at radius 3 is 2.88 bits per heavy atom. The summed E-state index contributed by atoms with van der Waals surface area (Å²) in [6, 6.07) is 0. The number of carbonyl (C=O) groups is 1. The Morgan fingerprint density at radius 1 is 1.56 bits per heavy atom. The van der Waals surface area contributed by atoms with Gasteiger partial charge < -0.3 is 11.1 Å². The van der Waals surface area contributed by atoms with E-state index in [9.17, 15) is 4.79 Å². The summed E-state index contributed by atoms with van der Waals surface area (Å²) in [5, 5.41) is 8.20. The molecule has 0 saturated heterocycles. The van der Waals surface area contributed by atoms with Crippen molar-refractivity contribution < 1.29 is 4.79 Å². The van der Waals surface area contributed by atoms with E-state index in [1.165, 1.54) is 11.5 Å². The summed E-state index contributed by atoms with van der Waals surface area (Å²) in [6.45, 7) is 6.43. The highest BCUT2D eigenvalue weighted by atomic mass is 32.1. The zero-order valence-corrected chi connectivity index (χ0v) is 10.4. The minimum Gasteiger partial charge on any atom is -0.374 e. The standard InChI is InChI=1S/C9H17N5OS/c1-3-11-9-7(12-13-16-9)5-14(4-2)6-8(10)15/h11H,3-6H2,1-2H3,(H2,10,15). The SMILES string of the molecule is CCNc1snnc1CN(CC)CC(N)=O. The van der Waals surface area contributed by atoms with E-state index in [1.807, 2.05) is 18.7 Å². The minimum atomic E-state index is -0.324. The first-order valence-electron chi connectivity index (χ1n) is 5.23. The number of anilines is 1. The van der Waals surface area contributed by atoms with E-state index in [2.05, 4.69) is 14.9 Å². The summed E-state index contributed by atoms with van der Waals surface area (Å²) >= 11 is 1.33. The molecule has 0 atom stereocenters. The van der Waals surface area contributed by atoms with Gasteiger partial charge in [0.1, 0.15) is 10.7 Å². The van der Waals surface area contributed by atoms with E-state index in [-0.39, 0.29) is 12.5 Å². The van der Waals surface area contributed by atoms with Crippen LogP contribution in [-0.2, 0) is 11.3 Å². The number of hydrogen-bond donors (Lipinski definition) is 2. The molecule has 1 heterocycles. The third-order valence-electron chi connectivity index (χ3n) is 2.09. The van der Waals surface area contributed by atoms with E-state index in [4.69, 9.17) is 5.73 Å². The molecule has 0 aliphatic heterocycles. The molecule has 0 bridgehead atoms. The Hall–Kier alpha value is -1.21. The molecule has 1 amide bonds. The lowest BCUT2D eigenvalue weighted by molar-refractivity contribution is -0.119. The molecule has 0 spiro atoms. The average molecular weight is 243 g/mol. The fraction of sp³-hybridized carbons (Fsp3) is 0.667. The summed E-state index contributed by atoms with van der Waals surface area (Å²) < 4.78 is 3.89. The van der Waals surface area contributed by atoms with Crippen molar-refractivity contribution in [2.75, 3.05) is 25.0 Å². The monoisotopic (exact) mass is 243 g/mol. The molecule has 0 radical (unpaired) electrons. The van der Waals surface area contributed by atoms with E-state index < -0.39 is 0 Å². The van der Waals surface area contributed by atoms with Gasteiger partial charge in [0, 0.05) is 24.6 Å². The van der Waals surface area contributed by atoms with Crippen molar-refractivity contribution in [3.05, 3.63) is 5.69 Å². The quantitative estimate of drug-likeness (QED) is 0.718. The van der Waals surface area contributed by atoms with Crippen LogP contribution < -0.4 is 11.1 Å². The summed E-state index contributed by atoms with van der Waals surface area (Å²) in [4.78, 5) is 12.8. The molecular formula is C9H17N5OS. The molecule has 7 heteroatoms. The van der Waals surface area contributed by atoms with E-state index >= 15 is 0 Å². The number of amides is 1. The smallest absolute Gasteiger partial charge is 0.231 e. The normalized spacial score (nSPS) is 10.7. The Labute approximate surface area is 99.0 Å². The summed E-state index contributed by atoms with van der Waals surface area (Å²) in [6.07, 6.45) is 0. The maximum absolute atomic E-state index is 10.8. The summed E-state index contributed by atoms with van der Waals surface area (Å²) in [5.74, 6) is -0.324. The van der Waals surface area contributed by atoms with Crippen LogP contribution in [0.1, 0.15) is 19.5 Å². The third-order valence-corrected chi connectivity index (χ3v) is 2.82. The number of rotatable bonds is 7. The Kier molecular flexibility index (Phi) is 5.13. The number of hydrogen-bond acceptors (Lipinski definition) is 6.